The fourth-order valence-corrected chi connectivity index (χ4v) is 2.89. The summed E-state index contributed by atoms with van der Waals surface area (Å²) in [5.74, 6) is -2.75. The largest absolute Gasteiger partial charge is 0.453 e. The second-order valence-electron chi connectivity index (χ2n) is 5.27. The summed E-state index contributed by atoms with van der Waals surface area (Å²) in [5, 5.41) is 2.71. The SMILES string of the molecule is CC(OC(=O)CCSc1ccc(Cl)cc1)C(=O)Nc1c(F)cccc1F. The minimum atomic E-state index is -1.18. The van der Waals surface area contributed by atoms with Crippen LogP contribution in [0.3, 0.4) is 0 Å². The Labute approximate surface area is 158 Å². The maximum absolute atomic E-state index is 13.5. The lowest BCUT2D eigenvalue weighted by Gasteiger charge is -2.14. The monoisotopic (exact) mass is 399 g/mol. The molecule has 26 heavy (non-hydrogen) atoms. The normalized spacial score (nSPS) is 11.7. The van der Waals surface area contributed by atoms with Gasteiger partial charge >= 0.3 is 5.97 Å². The van der Waals surface area contributed by atoms with Gasteiger partial charge in [-0.05, 0) is 43.3 Å². The second-order valence-corrected chi connectivity index (χ2v) is 6.88. The molecule has 1 N–H and O–H groups in total. The van der Waals surface area contributed by atoms with Gasteiger partial charge < -0.3 is 10.1 Å². The Kier molecular flexibility index (Phi) is 7.41. The fourth-order valence-electron chi connectivity index (χ4n) is 1.93. The topological polar surface area (TPSA) is 55.4 Å². The molecular formula is C18H16ClF2NO3S. The van der Waals surface area contributed by atoms with Crippen LogP contribution in [0.15, 0.2) is 47.4 Å². The van der Waals surface area contributed by atoms with Gasteiger partial charge in [0.1, 0.15) is 17.3 Å². The Balaban J connectivity index is 1.78. The van der Waals surface area contributed by atoms with Crippen molar-refractivity contribution in [1.82, 2.24) is 0 Å². The van der Waals surface area contributed by atoms with Gasteiger partial charge in [0.2, 0.25) is 0 Å². The van der Waals surface area contributed by atoms with Gasteiger partial charge in [0.05, 0.1) is 6.42 Å². The molecule has 0 aliphatic carbocycles. The van der Waals surface area contributed by atoms with E-state index in [9.17, 15) is 18.4 Å². The summed E-state index contributed by atoms with van der Waals surface area (Å²) in [6.07, 6.45) is -1.10. The molecule has 2 aromatic carbocycles. The lowest BCUT2D eigenvalue weighted by atomic mass is 10.2. The number of thioether (sulfide) groups is 1. The summed E-state index contributed by atoms with van der Waals surface area (Å²) < 4.78 is 32.0. The van der Waals surface area contributed by atoms with Crippen molar-refractivity contribution in [3.8, 4) is 0 Å². The summed E-state index contributed by atoms with van der Waals surface area (Å²) in [4.78, 5) is 24.7. The quantitative estimate of drug-likeness (QED) is 0.543. The lowest BCUT2D eigenvalue weighted by Crippen LogP contribution is -2.30. The van der Waals surface area contributed by atoms with E-state index in [1.807, 2.05) is 12.1 Å². The van der Waals surface area contributed by atoms with E-state index in [4.69, 9.17) is 16.3 Å². The Hall–Kier alpha value is -2.12. The molecule has 1 atom stereocenters. The van der Waals surface area contributed by atoms with Gasteiger partial charge in [0, 0.05) is 15.7 Å². The van der Waals surface area contributed by atoms with Crippen molar-refractivity contribution in [3.05, 3.63) is 59.1 Å². The van der Waals surface area contributed by atoms with Crippen LogP contribution in [-0.4, -0.2) is 23.7 Å². The third-order valence-electron chi connectivity index (χ3n) is 3.28. The first kappa shape index (κ1) is 20.2. The van der Waals surface area contributed by atoms with Crippen LogP contribution in [0, 0.1) is 11.6 Å². The zero-order valence-corrected chi connectivity index (χ0v) is 15.4. The summed E-state index contributed by atoms with van der Waals surface area (Å²) >= 11 is 7.23. The Morgan fingerprint density at radius 3 is 2.38 bits per heavy atom. The molecule has 2 rings (SSSR count). The first-order chi connectivity index (χ1) is 12.4. The van der Waals surface area contributed by atoms with E-state index in [1.54, 1.807) is 12.1 Å². The molecule has 1 amide bonds. The van der Waals surface area contributed by atoms with Crippen molar-refractivity contribution in [2.24, 2.45) is 0 Å². The third kappa shape index (κ3) is 6.00. The summed E-state index contributed by atoms with van der Waals surface area (Å²) in [6.45, 7) is 1.33. The number of para-hydroxylation sites is 1. The predicted molar refractivity (Wildman–Crippen MR) is 97.3 cm³/mol. The van der Waals surface area contributed by atoms with Crippen LogP contribution >= 0.6 is 23.4 Å². The number of carbonyl (C=O) groups excluding carboxylic acids is 2. The lowest BCUT2D eigenvalue weighted by molar-refractivity contribution is -0.152. The van der Waals surface area contributed by atoms with E-state index < -0.39 is 35.3 Å². The van der Waals surface area contributed by atoms with E-state index in [0.29, 0.717) is 10.8 Å². The first-order valence-corrected chi connectivity index (χ1v) is 9.06. The molecule has 0 saturated heterocycles. The summed E-state index contributed by atoms with van der Waals surface area (Å²) in [7, 11) is 0. The molecule has 0 fully saturated rings. The number of anilines is 1. The summed E-state index contributed by atoms with van der Waals surface area (Å²) in [6, 6.07) is 10.4. The maximum Gasteiger partial charge on any atom is 0.307 e. The van der Waals surface area contributed by atoms with Gasteiger partial charge in [0.15, 0.2) is 6.10 Å². The highest BCUT2D eigenvalue weighted by atomic mass is 35.5. The number of amides is 1. The van der Waals surface area contributed by atoms with Crippen molar-refractivity contribution < 1.29 is 23.1 Å². The molecule has 0 aromatic heterocycles. The number of ether oxygens (including phenoxy) is 1. The third-order valence-corrected chi connectivity index (χ3v) is 4.54. The minimum Gasteiger partial charge on any atom is -0.453 e. The van der Waals surface area contributed by atoms with Crippen LogP contribution in [-0.2, 0) is 14.3 Å². The second kappa shape index (κ2) is 9.54. The zero-order valence-electron chi connectivity index (χ0n) is 13.8. The van der Waals surface area contributed by atoms with Gasteiger partial charge in [-0.25, -0.2) is 8.78 Å². The van der Waals surface area contributed by atoms with Crippen LogP contribution in [0.2, 0.25) is 5.02 Å². The number of hydrogen-bond acceptors (Lipinski definition) is 4. The number of rotatable bonds is 7. The van der Waals surface area contributed by atoms with E-state index in [2.05, 4.69) is 5.32 Å². The highest BCUT2D eigenvalue weighted by molar-refractivity contribution is 7.99. The Morgan fingerprint density at radius 2 is 1.77 bits per heavy atom. The zero-order chi connectivity index (χ0) is 19.1. The van der Waals surface area contributed by atoms with Crippen molar-refractivity contribution in [2.75, 3.05) is 11.1 Å². The molecule has 0 saturated carbocycles. The minimum absolute atomic E-state index is 0.0823. The maximum atomic E-state index is 13.5. The molecule has 8 heteroatoms. The van der Waals surface area contributed by atoms with Crippen molar-refractivity contribution in [2.45, 2.75) is 24.3 Å². The number of benzene rings is 2. The highest BCUT2D eigenvalue weighted by Gasteiger charge is 2.20. The number of esters is 1. The van der Waals surface area contributed by atoms with E-state index in [0.717, 1.165) is 17.0 Å². The average molecular weight is 400 g/mol. The number of carbonyl (C=O) groups is 2. The molecule has 0 aliphatic heterocycles. The van der Waals surface area contributed by atoms with Crippen molar-refractivity contribution >= 4 is 40.9 Å². The van der Waals surface area contributed by atoms with Gasteiger partial charge in [-0.2, -0.15) is 0 Å². The van der Waals surface area contributed by atoms with Crippen LogP contribution in [0.1, 0.15) is 13.3 Å². The Bertz CT molecular complexity index is 766. The molecule has 2 aromatic rings. The van der Waals surface area contributed by atoms with Crippen LogP contribution in [0.4, 0.5) is 14.5 Å². The average Bonchev–Trinajstić information content (AvgIpc) is 2.59. The fraction of sp³-hybridized carbons (Fsp3) is 0.222. The van der Waals surface area contributed by atoms with Crippen molar-refractivity contribution in [1.29, 1.82) is 0 Å². The van der Waals surface area contributed by atoms with Crippen LogP contribution in [0.5, 0.6) is 0 Å². The highest BCUT2D eigenvalue weighted by Crippen LogP contribution is 2.21. The van der Waals surface area contributed by atoms with Crippen LogP contribution < -0.4 is 5.32 Å². The van der Waals surface area contributed by atoms with E-state index in [-0.39, 0.29) is 6.42 Å². The van der Waals surface area contributed by atoms with Crippen molar-refractivity contribution in [3.63, 3.8) is 0 Å². The van der Waals surface area contributed by atoms with Gasteiger partial charge in [-0.1, -0.05) is 17.7 Å². The molecule has 138 valence electrons. The number of nitrogens with one attached hydrogen (secondary N) is 1. The molecule has 1 unspecified atom stereocenters. The Morgan fingerprint density at radius 1 is 1.15 bits per heavy atom. The number of halogens is 3. The molecule has 0 radical (unpaired) electrons. The molecular weight excluding hydrogens is 384 g/mol. The van der Waals surface area contributed by atoms with E-state index >= 15 is 0 Å². The first-order valence-electron chi connectivity index (χ1n) is 7.69. The standard InChI is InChI=1S/C18H16ClF2NO3S/c1-11(18(24)22-17-14(20)3-2-4-15(17)21)25-16(23)9-10-26-13-7-5-12(19)6-8-13/h2-8,11H,9-10H2,1H3,(H,22,24). The molecule has 4 nitrogen and oxygen atoms in total. The van der Waals surface area contributed by atoms with Gasteiger partial charge in [-0.15, -0.1) is 11.8 Å². The number of hydrogen-bond donors (Lipinski definition) is 1. The van der Waals surface area contributed by atoms with Crippen LogP contribution in [0.25, 0.3) is 0 Å². The molecule has 0 heterocycles. The van der Waals surface area contributed by atoms with E-state index in [1.165, 1.54) is 24.8 Å². The predicted octanol–water partition coefficient (Wildman–Crippen LogP) is 4.67. The summed E-state index contributed by atoms with van der Waals surface area (Å²) in [5.41, 5.74) is -0.571. The smallest absolute Gasteiger partial charge is 0.307 e. The molecule has 0 aliphatic rings. The van der Waals surface area contributed by atoms with Gasteiger partial charge in [-0.3, -0.25) is 9.59 Å². The molecule has 0 spiro atoms. The van der Waals surface area contributed by atoms with Gasteiger partial charge in [0.25, 0.3) is 5.91 Å². The molecule has 0 bridgehead atoms.